The quantitative estimate of drug-likeness (QED) is 0.536. The third-order valence-electron chi connectivity index (χ3n) is 2.36. The molecule has 1 amide bonds. The van der Waals surface area contributed by atoms with Gasteiger partial charge in [-0.25, -0.2) is 0 Å². The number of aliphatic hydroxyl groups is 1. The third-order valence-corrected chi connectivity index (χ3v) is 2.36. The zero-order chi connectivity index (χ0) is 13.5. The van der Waals surface area contributed by atoms with Crippen molar-refractivity contribution in [1.29, 1.82) is 0 Å². The number of carbonyl (C=O) groups excluding carboxylic acids is 1. The maximum absolute atomic E-state index is 10.6. The van der Waals surface area contributed by atoms with Gasteiger partial charge in [0.15, 0.2) is 11.5 Å². The fourth-order valence-corrected chi connectivity index (χ4v) is 1.43. The molecule has 0 fully saturated rings. The molecule has 0 saturated heterocycles. The van der Waals surface area contributed by atoms with Gasteiger partial charge in [-0.15, -0.1) is 0 Å². The van der Waals surface area contributed by atoms with Gasteiger partial charge in [0.05, 0.1) is 6.61 Å². The smallest absolute Gasteiger partial charge is 0.247 e. The van der Waals surface area contributed by atoms with E-state index in [-0.39, 0.29) is 12.3 Å². The van der Waals surface area contributed by atoms with Gasteiger partial charge in [-0.05, 0) is 13.0 Å². The molecule has 1 aromatic rings. The molecule has 5 N–H and O–H groups in total. The molecule has 0 aliphatic rings. The lowest BCUT2D eigenvalue weighted by Gasteiger charge is -2.12. The van der Waals surface area contributed by atoms with Crippen LogP contribution in [0.2, 0.25) is 0 Å². The lowest BCUT2D eigenvalue weighted by molar-refractivity contribution is -0.125. The molecule has 1 unspecified atom stereocenters. The predicted molar refractivity (Wildman–Crippen MR) is 66.2 cm³/mol. The fraction of sp³-hybridized carbons (Fsp3) is 0.417. The standard InChI is InChI=1S/C12H18N2O4/c1-2-18-10-5-3-4-8(11(10)16)6-14-7-9(15)12(13)17/h3-5,9,14-16H,2,6-7H2,1H3,(H2,13,17). The van der Waals surface area contributed by atoms with Crippen LogP contribution < -0.4 is 15.8 Å². The lowest BCUT2D eigenvalue weighted by Crippen LogP contribution is -2.37. The number of ether oxygens (including phenoxy) is 1. The molecule has 0 saturated carbocycles. The topological polar surface area (TPSA) is 105 Å². The van der Waals surface area contributed by atoms with E-state index in [2.05, 4.69) is 5.32 Å². The van der Waals surface area contributed by atoms with E-state index in [9.17, 15) is 15.0 Å². The summed E-state index contributed by atoms with van der Waals surface area (Å²) in [4.78, 5) is 10.6. The van der Waals surface area contributed by atoms with Crippen LogP contribution in [0.15, 0.2) is 18.2 Å². The number of nitrogens with one attached hydrogen (secondary N) is 1. The van der Waals surface area contributed by atoms with Crippen molar-refractivity contribution >= 4 is 5.91 Å². The predicted octanol–water partition coefficient (Wildman–Crippen LogP) is -0.273. The third kappa shape index (κ3) is 3.90. The van der Waals surface area contributed by atoms with Crippen LogP contribution in [0.5, 0.6) is 11.5 Å². The molecule has 0 spiro atoms. The molecular weight excluding hydrogens is 236 g/mol. The van der Waals surface area contributed by atoms with Crippen molar-refractivity contribution in [3.63, 3.8) is 0 Å². The number of phenolic OH excluding ortho intramolecular Hbond substituents is 1. The van der Waals surface area contributed by atoms with Gasteiger partial charge >= 0.3 is 0 Å². The molecule has 1 rings (SSSR count). The monoisotopic (exact) mass is 254 g/mol. The molecule has 100 valence electrons. The Hall–Kier alpha value is -1.79. The van der Waals surface area contributed by atoms with Crippen LogP contribution in [0.25, 0.3) is 0 Å². The summed E-state index contributed by atoms with van der Waals surface area (Å²) in [5.41, 5.74) is 5.53. The van der Waals surface area contributed by atoms with Crippen molar-refractivity contribution in [3.05, 3.63) is 23.8 Å². The molecular formula is C12H18N2O4. The van der Waals surface area contributed by atoms with E-state index < -0.39 is 12.0 Å². The number of hydrogen-bond acceptors (Lipinski definition) is 5. The number of aromatic hydroxyl groups is 1. The fourth-order valence-electron chi connectivity index (χ4n) is 1.43. The van der Waals surface area contributed by atoms with E-state index in [4.69, 9.17) is 10.5 Å². The lowest BCUT2D eigenvalue weighted by atomic mass is 10.2. The van der Waals surface area contributed by atoms with Gasteiger partial charge in [-0.1, -0.05) is 12.1 Å². The van der Waals surface area contributed by atoms with Gasteiger partial charge in [0.1, 0.15) is 6.10 Å². The number of nitrogens with two attached hydrogens (primary N) is 1. The second kappa shape index (κ2) is 6.83. The number of primary amides is 1. The number of rotatable bonds is 7. The van der Waals surface area contributed by atoms with Crippen molar-refractivity contribution < 1.29 is 19.7 Å². The van der Waals surface area contributed by atoms with Gasteiger partial charge in [0.25, 0.3) is 0 Å². The van der Waals surface area contributed by atoms with Crippen LogP contribution in [-0.2, 0) is 11.3 Å². The van der Waals surface area contributed by atoms with E-state index in [1.54, 1.807) is 18.2 Å². The molecule has 0 radical (unpaired) electrons. The van der Waals surface area contributed by atoms with Crippen LogP contribution in [0.4, 0.5) is 0 Å². The molecule has 1 aromatic carbocycles. The van der Waals surface area contributed by atoms with Crippen molar-refractivity contribution in [2.75, 3.05) is 13.2 Å². The summed E-state index contributed by atoms with van der Waals surface area (Å²) in [6, 6.07) is 5.15. The Labute approximate surface area is 105 Å². The highest BCUT2D eigenvalue weighted by molar-refractivity contribution is 5.78. The summed E-state index contributed by atoms with van der Waals surface area (Å²) in [5, 5.41) is 21.9. The first kappa shape index (κ1) is 14.3. The van der Waals surface area contributed by atoms with Crippen molar-refractivity contribution in [2.45, 2.75) is 19.6 Å². The van der Waals surface area contributed by atoms with Crippen molar-refractivity contribution in [3.8, 4) is 11.5 Å². The Morgan fingerprint density at radius 2 is 2.28 bits per heavy atom. The number of amides is 1. The van der Waals surface area contributed by atoms with E-state index >= 15 is 0 Å². The molecule has 0 aliphatic carbocycles. The summed E-state index contributed by atoms with van der Waals surface area (Å²) >= 11 is 0. The number of hydrogen-bond donors (Lipinski definition) is 4. The van der Waals surface area contributed by atoms with Gasteiger partial charge in [-0.3, -0.25) is 4.79 Å². The summed E-state index contributed by atoms with van der Waals surface area (Å²) < 4.78 is 5.24. The molecule has 0 bridgehead atoms. The maximum Gasteiger partial charge on any atom is 0.247 e. The van der Waals surface area contributed by atoms with E-state index in [0.717, 1.165) is 0 Å². The Morgan fingerprint density at radius 1 is 1.56 bits per heavy atom. The average Bonchev–Trinajstić information content (AvgIpc) is 2.33. The highest BCUT2D eigenvalue weighted by Crippen LogP contribution is 2.29. The molecule has 0 aromatic heterocycles. The molecule has 18 heavy (non-hydrogen) atoms. The Balaban J connectivity index is 2.57. The largest absolute Gasteiger partial charge is 0.504 e. The first-order chi connectivity index (χ1) is 8.56. The SMILES string of the molecule is CCOc1cccc(CNCC(O)C(N)=O)c1O. The molecule has 1 atom stereocenters. The van der Waals surface area contributed by atoms with E-state index in [1.165, 1.54) is 0 Å². The highest BCUT2D eigenvalue weighted by Gasteiger charge is 2.11. The van der Waals surface area contributed by atoms with Gasteiger partial charge in [0, 0.05) is 18.7 Å². The summed E-state index contributed by atoms with van der Waals surface area (Å²) in [6.07, 6.45) is -1.23. The number of phenols is 1. The number of aliphatic hydroxyl groups excluding tert-OH is 1. The minimum absolute atomic E-state index is 0.0354. The number of carbonyl (C=O) groups is 1. The Bertz CT molecular complexity index is 409. The summed E-state index contributed by atoms with van der Waals surface area (Å²) in [7, 11) is 0. The van der Waals surface area contributed by atoms with Crippen LogP contribution in [-0.4, -0.2) is 35.4 Å². The normalized spacial score (nSPS) is 12.1. The minimum atomic E-state index is -1.23. The zero-order valence-electron chi connectivity index (χ0n) is 10.2. The van der Waals surface area contributed by atoms with E-state index in [1.807, 2.05) is 6.92 Å². The van der Waals surface area contributed by atoms with E-state index in [0.29, 0.717) is 24.5 Å². The van der Waals surface area contributed by atoms with Crippen molar-refractivity contribution in [1.82, 2.24) is 5.32 Å². The number of benzene rings is 1. The molecule has 0 heterocycles. The van der Waals surface area contributed by atoms with Gasteiger partial charge in [-0.2, -0.15) is 0 Å². The first-order valence-corrected chi connectivity index (χ1v) is 5.68. The first-order valence-electron chi connectivity index (χ1n) is 5.68. The van der Waals surface area contributed by atoms with Crippen LogP contribution >= 0.6 is 0 Å². The Morgan fingerprint density at radius 3 is 2.89 bits per heavy atom. The second-order valence-electron chi connectivity index (χ2n) is 3.75. The molecule has 6 nitrogen and oxygen atoms in total. The van der Waals surface area contributed by atoms with Crippen LogP contribution in [0, 0.1) is 0 Å². The summed E-state index contributed by atoms with van der Waals surface area (Å²) in [6.45, 7) is 2.63. The van der Waals surface area contributed by atoms with Gasteiger partial charge < -0.3 is 26.0 Å². The maximum atomic E-state index is 10.6. The summed E-state index contributed by atoms with van der Waals surface area (Å²) in [5.74, 6) is -0.317. The van der Waals surface area contributed by atoms with Crippen molar-refractivity contribution in [2.24, 2.45) is 5.73 Å². The zero-order valence-corrected chi connectivity index (χ0v) is 10.2. The van der Waals surface area contributed by atoms with Gasteiger partial charge in [0.2, 0.25) is 5.91 Å². The highest BCUT2D eigenvalue weighted by atomic mass is 16.5. The van der Waals surface area contributed by atoms with Crippen LogP contribution in [0.1, 0.15) is 12.5 Å². The number of para-hydroxylation sites is 1. The molecule has 0 aliphatic heterocycles. The minimum Gasteiger partial charge on any atom is -0.504 e. The Kier molecular flexibility index (Phi) is 5.41. The van der Waals surface area contributed by atoms with Crippen LogP contribution in [0.3, 0.4) is 0 Å². The molecule has 6 heteroatoms. The second-order valence-corrected chi connectivity index (χ2v) is 3.75. The average molecular weight is 254 g/mol.